The Kier molecular flexibility index (Phi) is 5.53. The molecular formula is C20H24N4O2. The van der Waals surface area contributed by atoms with Crippen LogP contribution >= 0.6 is 0 Å². The summed E-state index contributed by atoms with van der Waals surface area (Å²) in [5, 5.41) is 2.53. The van der Waals surface area contributed by atoms with E-state index in [2.05, 4.69) is 17.4 Å². The molecule has 0 spiro atoms. The summed E-state index contributed by atoms with van der Waals surface area (Å²) in [4.78, 5) is 25.5. The van der Waals surface area contributed by atoms with E-state index in [0.29, 0.717) is 31.7 Å². The van der Waals surface area contributed by atoms with E-state index in [9.17, 15) is 9.59 Å². The number of hydrogen-bond acceptors (Lipinski definition) is 3. The van der Waals surface area contributed by atoms with Crippen LogP contribution in [0.5, 0.6) is 0 Å². The number of amides is 3. The smallest absolute Gasteiger partial charge is 0.312 e. The van der Waals surface area contributed by atoms with Crippen LogP contribution in [0.15, 0.2) is 54.6 Å². The van der Waals surface area contributed by atoms with Crippen LogP contribution in [0, 0.1) is 5.92 Å². The summed E-state index contributed by atoms with van der Waals surface area (Å²) in [6.45, 7) is 2.25. The molecule has 0 unspecified atom stereocenters. The van der Waals surface area contributed by atoms with Gasteiger partial charge in [0, 0.05) is 31.1 Å². The van der Waals surface area contributed by atoms with Gasteiger partial charge >= 0.3 is 6.03 Å². The van der Waals surface area contributed by atoms with Crippen LogP contribution in [0.2, 0.25) is 0 Å². The number of nitrogens with zero attached hydrogens (tertiary/aromatic N) is 1. The van der Waals surface area contributed by atoms with Crippen molar-refractivity contribution in [1.82, 2.24) is 10.2 Å². The highest BCUT2D eigenvalue weighted by Crippen LogP contribution is 2.32. The van der Waals surface area contributed by atoms with Crippen molar-refractivity contribution in [2.24, 2.45) is 17.4 Å². The molecule has 6 nitrogen and oxygen atoms in total. The first-order valence-electron chi connectivity index (χ1n) is 8.75. The number of likely N-dealkylation sites (tertiary alicyclic amines) is 1. The number of urea groups is 1. The summed E-state index contributed by atoms with van der Waals surface area (Å²) in [5.41, 5.74) is 13.8. The molecule has 0 aliphatic carbocycles. The van der Waals surface area contributed by atoms with Crippen LogP contribution in [0.25, 0.3) is 0 Å². The summed E-state index contributed by atoms with van der Waals surface area (Å²) < 4.78 is 0. The van der Waals surface area contributed by atoms with Crippen LogP contribution in [0.3, 0.4) is 0 Å². The molecule has 3 rings (SSSR count). The molecule has 1 saturated heterocycles. The third-order valence-electron chi connectivity index (χ3n) is 4.93. The lowest BCUT2D eigenvalue weighted by atomic mass is 9.89. The van der Waals surface area contributed by atoms with Gasteiger partial charge < -0.3 is 21.7 Å². The van der Waals surface area contributed by atoms with Gasteiger partial charge in [-0.2, -0.15) is 0 Å². The second kappa shape index (κ2) is 8.01. The minimum Gasteiger partial charge on any atom is -0.352 e. The lowest BCUT2D eigenvalue weighted by Gasteiger charge is -2.17. The Morgan fingerprint density at radius 2 is 1.73 bits per heavy atom. The molecule has 2 atom stereocenters. The Morgan fingerprint density at radius 3 is 2.35 bits per heavy atom. The topological polar surface area (TPSA) is 101 Å². The Bertz CT molecular complexity index is 761. The second-order valence-corrected chi connectivity index (χ2v) is 6.64. The van der Waals surface area contributed by atoms with Gasteiger partial charge in [0.1, 0.15) is 0 Å². The van der Waals surface area contributed by atoms with Crippen molar-refractivity contribution < 1.29 is 9.59 Å². The molecule has 136 valence electrons. The second-order valence-electron chi connectivity index (χ2n) is 6.64. The average molecular weight is 352 g/mol. The van der Waals surface area contributed by atoms with Gasteiger partial charge in [-0.15, -0.1) is 0 Å². The van der Waals surface area contributed by atoms with E-state index < -0.39 is 6.03 Å². The lowest BCUT2D eigenvalue weighted by Crippen LogP contribution is -2.30. The Balaban J connectivity index is 1.69. The van der Waals surface area contributed by atoms with Gasteiger partial charge in [-0.25, -0.2) is 4.79 Å². The maximum atomic E-state index is 12.9. The summed E-state index contributed by atoms with van der Waals surface area (Å²) in [6.07, 6.45) is 0. The van der Waals surface area contributed by atoms with Gasteiger partial charge in [-0.3, -0.25) is 4.79 Å². The predicted molar refractivity (Wildman–Crippen MR) is 100 cm³/mol. The average Bonchev–Trinajstić information content (AvgIpc) is 3.11. The fourth-order valence-electron chi connectivity index (χ4n) is 3.49. The van der Waals surface area contributed by atoms with Gasteiger partial charge in [0.05, 0.1) is 0 Å². The number of hydrogen-bond donors (Lipinski definition) is 3. The largest absolute Gasteiger partial charge is 0.352 e. The Morgan fingerprint density at radius 1 is 1.04 bits per heavy atom. The maximum absolute atomic E-state index is 12.9. The molecule has 3 amide bonds. The van der Waals surface area contributed by atoms with E-state index in [4.69, 9.17) is 11.5 Å². The van der Waals surface area contributed by atoms with Gasteiger partial charge in [-0.05, 0) is 35.7 Å². The minimum absolute atomic E-state index is 0.0105. The molecule has 6 heteroatoms. The molecule has 0 radical (unpaired) electrons. The molecule has 2 aromatic carbocycles. The molecule has 0 aromatic heterocycles. The fourth-order valence-corrected chi connectivity index (χ4v) is 3.49. The number of carbonyl (C=O) groups is 2. The van der Waals surface area contributed by atoms with Gasteiger partial charge in [0.15, 0.2) is 0 Å². The molecule has 1 aliphatic rings. The van der Waals surface area contributed by atoms with E-state index in [0.717, 1.165) is 5.56 Å². The van der Waals surface area contributed by atoms with Gasteiger partial charge in [0.2, 0.25) is 0 Å². The van der Waals surface area contributed by atoms with E-state index >= 15 is 0 Å². The first-order chi connectivity index (χ1) is 12.6. The molecule has 1 heterocycles. The van der Waals surface area contributed by atoms with Gasteiger partial charge in [0.25, 0.3) is 5.91 Å². The van der Waals surface area contributed by atoms with E-state index in [1.165, 1.54) is 5.56 Å². The first-order valence-corrected chi connectivity index (χ1v) is 8.75. The third-order valence-corrected chi connectivity index (χ3v) is 4.93. The molecular weight excluding hydrogens is 328 g/mol. The van der Waals surface area contributed by atoms with Crippen molar-refractivity contribution in [3.05, 3.63) is 71.3 Å². The molecule has 0 saturated carbocycles. The predicted octanol–water partition coefficient (Wildman–Crippen LogP) is 1.67. The molecule has 5 N–H and O–H groups in total. The molecule has 26 heavy (non-hydrogen) atoms. The summed E-state index contributed by atoms with van der Waals surface area (Å²) in [7, 11) is 0. The summed E-state index contributed by atoms with van der Waals surface area (Å²) in [5.74, 6) is 0.542. The minimum atomic E-state index is -0.568. The molecule has 1 aliphatic heterocycles. The van der Waals surface area contributed by atoms with Crippen molar-refractivity contribution >= 4 is 11.9 Å². The first kappa shape index (κ1) is 17.9. The monoisotopic (exact) mass is 352 g/mol. The summed E-state index contributed by atoms with van der Waals surface area (Å²) in [6, 6.07) is 16.9. The van der Waals surface area contributed by atoms with Gasteiger partial charge in [-0.1, -0.05) is 42.5 Å². The number of rotatable bonds is 5. The highest BCUT2D eigenvalue weighted by molar-refractivity contribution is 5.94. The fraction of sp³-hybridized carbons (Fsp3) is 0.300. The van der Waals surface area contributed by atoms with E-state index in [-0.39, 0.29) is 17.7 Å². The summed E-state index contributed by atoms with van der Waals surface area (Å²) >= 11 is 0. The van der Waals surface area contributed by atoms with Crippen molar-refractivity contribution in [3.63, 3.8) is 0 Å². The van der Waals surface area contributed by atoms with Crippen LogP contribution in [-0.2, 0) is 6.54 Å². The highest BCUT2D eigenvalue weighted by Gasteiger charge is 2.35. The quantitative estimate of drug-likeness (QED) is 0.763. The number of carbonyl (C=O) groups excluding carboxylic acids is 2. The normalized spacial score (nSPS) is 19.3. The zero-order valence-corrected chi connectivity index (χ0v) is 14.6. The number of primary amides is 1. The molecule has 1 fully saturated rings. The standard InChI is InChI=1S/C20H24N4O2/c21-10-17-12-24(13-18(17)15-4-2-1-3-5-15)19(25)16-8-6-14(7-9-16)11-23-20(22)26/h1-9,17-18H,10-13,21H2,(H3,22,23,26)/t17-,18+/m1/s1. The zero-order chi connectivity index (χ0) is 18.5. The molecule has 0 bridgehead atoms. The van der Waals surface area contributed by atoms with Crippen molar-refractivity contribution in [1.29, 1.82) is 0 Å². The zero-order valence-electron chi connectivity index (χ0n) is 14.6. The van der Waals surface area contributed by atoms with Crippen molar-refractivity contribution in [2.75, 3.05) is 19.6 Å². The maximum Gasteiger partial charge on any atom is 0.312 e. The van der Waals surface area contributed by atoms with Crippen LogP contribution in [-0.4, -0.2) is 36.5 Å². The van der Waals surface area contributed by atoms with Crippen molar-refractivity contribution in [2.45, 2.75) is 12.5 Å². The lowest BCUT2D eigenvalue weighted by molar-refractivity contribution is 0.0786. The van der Waals surface area contributed by atoms with Crippen molar-refractivity contribution in [3.8, 4) is 0 Å². The highest BCUT2D eigenvalue weighted by atomic mass is 16.2. The van der Waals surface area contributed by atoms with Crippen LogP contribution < -0.4 is 16.8 Å². The number of benzene rings is 2. The van der Waals surface area contributed by atoms with E-state index in [1.54, 1.807) is 12.1 Å². The SMILES string of the molecule is NC[C@@H]1CN(C(=O)c2ccc(CNC(N)=O)cc2)C[C@H]1c1ccccc1. The van der Waals surface area contributed by atoms with Crippen LogP contribution in [0.4, 0.5) is 4.79 Å². The number of nitrogens with one attached hydrogen (secondary N) is 1. The Hall–Kier alpha value is -2.86. The van der Waals surface area contributed by atoms with E-state index in [1.807, 2.05) is 35.2 Å². The third kappa shape index (κ3) is 4.03. The molecule has 2 aromatic rings. The van der Waals surface area contributed by atoms with Crippen LogP contribution in [0.1, 0.15) is 27.4 Å². The Labute approximate surface area is 153 Å². The number of nitrogens with two attached hydrogens (primary N) is 2.